The zero-order chi connectivity index (χ0) is 17.2. The van der Waals surface area contributed by atoms with Crippen LogP contribution < -0.4 is 10.6 Å². The van der Waals surface area contributed by atoms with Crippen LogP contribution in [0.25, 0.3) is 0 Å². The molecule has 0 atom stereocenters. The molecule has 0 bridgehead atoms. The summed E-state index contributed by atoms with van der Waals surface area (Å²) in [6.07, 6.45) is 4.45. The third kappa shape index (κ3) is 3.42. The van der Waals surface area contributed by atoms with Crippen LogP contribution >= 0.6 is 0 Å². The normalized spacial score (nSPS) is 18.6. The molecule has 128 valence electrons. The van der Waals surface area contributed by atoms with Gasteiger partial charge in [-0.3, -0.25) is 14.4 Å². The van der Waals surface area contributed by atoms with E-state index in [2.05, 4.69) is 10.6 Å². The molecule has 1 aromatic carbocycles. The lowest BCUT2D eigenvalue weighted by Gasteiger charge is -2.30. The van der Waals surface area contributed by atoms with Crippen LogP contribution in [-0.2, 0) is 14.4 Å². The Bertz CT molecular complexity index is 644. The molecule has 2 N–H and O–H groups in total. The number of hydrogen-bond acceptors (Lipinski definition) is 3. The van der Waals surface area contributed by atoms with Crippen LogP contribution in [-0.4, -0.2) is 35.7 Å². The summed E-state index contributed by atoms with van der Waals surface area (Å²) in [4.78, 5) is 38.2. The topological polar surface area (TPSA) is 78.5 Å². The van der Waals surface area contributed by atoms with E-state index in [4.69, 9.17) is 0 Å². The van der Waals surface area contributed by atoms with Gasteiger partial charge in [0, 0.05) is 31.4 Å². The van der Waals surface area contributed by atoms with Gasteiger partial charge in [-0.15, -0.1) is 0 Å². The summed E-state index contributed by atoms with van der Waals surface area (Å²) in [6, 6.07) is 6.90. The number of amides is 3. The van der Waals surface area contributed by atoms with Gasteiger partial charge >= 0.3 is 0 Å². The minimum atomic E-state index is -0.867. The first-order valence-electron chi connectivity index (χ1n) is 8.50. The van der Waals surface area contributed by atoms with Gasteiger partial charge in [0.1, 0.15) is 5.41 Å². The van der Waals surface area contributed by atoms with E-state index in [0.29, 0.717) is 24.2 Å². The molecule has 1 heterocycles. The van der Waals surface area contributed by atoms with E-state index in [1.54, 1.807) is 24.3 Å². The fraction of sp³-hybridized carbons (Fsp3) is 0.500. The second-order valence-corrected chi connectivity index (χ2v) is 6.65. The second-order valence-electron chi connectivity index (χ2n) is 6.65. The van der Waals surface area contributed by atoms with Gasteiger partial charge in [0.05, 0.1) is 0 Å². The van der Waals surface area contributed by atoms with Crippen molar-refractivity contribution in [3.63, 3.8) is 0 Å². The molecule has 0 spiro atoms. The van der Waals surface area contributed by atoms with Crippen molar-refractivity contribution in [3.05, 3.63) is 24.3 Å². The number of hydrogen-bond donors (Lipinski definition) is 2. The number of anilines is 2. The highest BCUT2D eigenvalue weighted by Gasteiger charge is 2.58. The van der Waals surface area contributed by atoms with Crippen LogP contribution in [0, 0.1) is 5.41 Å². The van der Waals surface area contributed by atoms with Crippen molar-refractivity contribution < 1.29 is 14.4 Å². The van der Waals surface area contributed by atoms with E-state index in [1.807, 2.05) is 4.90 Å². The van der Waals surface area contributed by atoms with Crippen molar-refractivity contribution in [2.24, 2.45) is 5.41 Å². The molecule has 1 aliphatic carbocycles. The zero-order valence-electron chi connectivity index (χ0n) is 13.9. The van der Waals surface area contributed by atoms with Gasteiger partial charge < -0.3 is 15.5 Å². The molecule has 1 saturated heterocycles. The van der Waals surface area contributed by atoms with Crippen molar-refractivity contribution in [1.82, 2.24) is 4.90 Å². The summed E-state index contributed by atoms with van der Waals surface area (Å²) in [7, 11) is 0. The summed E-state index contributed by atoms with van der Waals surface area (Å²) in [5.74, 6) is -0.379. The van der Waals surface area contributed by atoms with E-state index in [1.165, 1.54) is 6.92 Å². The highest BCUT2D eigenvalue weighted by atomic mass is 16.2. The van der Waals surface area contributed by atoms with E-state index < -0.39 is 5.41 Å². The van der Waals surface area contributed by atoms with Crippen molar-refractivity contribution in [2.75, 3.05) is 23.7 Å². The Labute approximate surface area is 141 Å². The number of rotatable bonds is 4. The van der Waals surface area contributed by atoms with Crippen LogP contribution in [0.15, 0.2) is 24.3 Å². The SMILES string of the molecule is CC(=O)Nc1ccc(NC(=O)C2(C(=O)N3CCCCC3)CC2)cc1. The molecule has 6 nitrogen and oxygen atoms in total. The summed E-state index contributed by atoms with van der Waals surface area (Å²) >= 11 is 0. The molecule has 0 aromatic heterocycles. The van der Waals surface area contributed by atoms with Crippen molar-refractivity contribution in [3.8, 4) is 0 Å². The minimum Gasteiger partial charge on any atom is -0.342 e. The first kappa shape index (κ1) is 16.5. The molecular weight excluding hydrogens is 306 g/mol. The van der Waals surface area contributed by atoms with Crippen LogP contribution in [0.5, 0.6) is 0 Å². The third-order valence-electron chi connectivity index (χ3n) is 4.70. The summed E-state index contributed by atoms with van der Waals surface area (Å²) in [5.41, 5.74) is 0.436. The lowest BCUT2D eigenvalue weighted by Crippen LogP contribution is -2.45. The Morgan fingerprint density at radius 3 is 1.96 bits per heavy atom. The number of likely N-dealkylation sites (tertiary alicyclic amines) is 1. The first-order chi connectivity index (χ1) is 11.5. The smallest absolute Gasteiger partial charge is 0.240 e. The van der Waals surface area contributed by atoms with Gasteiger partial charge in [-0.05, 0) is 56.4 Å². The molecule has 1 aromatic rings. The van der Waals surface area contributed by atoms with Gasteiger partial charge in [0.25, 0.3) is 0 Å². The predicted octanol–water partition coefficient (Wildman–Crippen LogP) is 2.38. The molecule has 3 rings (SSSR count). The molecule has 0 radical (unpaired) electrons. The molecule has 24 heavy (non-hydrogen) atoms. The minimum absolute atomic E-state index is 0.0189. The van der Waals surface area contributed by atoms with Gasteiger partial charge in [-0.25, -0.2) is 0 Å². The average molecular weight is 329 g/mol. The predicted molar refractivity (Wildman–Crippen MR) is 91.5 cm³/mol. The number of nitrogens with zero attached hydrogens (tertiary/aromatic N) is 1. The van der Waals surface area contributed by atoms with E-state index in [0.717, 1.165) is 32.4 Å². The standard InChI is InChI=1S/C18H23N3O3/c1-13(22)19-14-5-7-15(8-6-14)20-16(23)18(9-10-18)17(24)21-11-3-2-4-12-21/h5-8H,2-4,9-12H2,1H3,(H,19,22)(H,20,23). The number of piperidine rings is 1. The number of carbonyl (C=O) groups is 3. The highest BCUT2D eigenvalue weighted by Crippen LogP contribution is 2.48. The molecular formula is C18H23N3O3. The lowest BCUT2D eigenvalue weighted by molar-refractivity contribution is -0.143. The summed E-state index contributed by atoms with van der Waals surface area (Å²) < 4.78 is 0. The first-order valence-corrected chi connectivity index (χ1v) is 8.50. The maximum atomic E-state index is 12.7. The molecule has 0 unspecified atom stereocenters. The van der Waals surface area contributed by atoms with Gasteiger partial charge in [0.2, 0.25) is 17.7 Å². The number of nitrogens with one attached hydrogen (secondary N) is 2. The van der Waals surface area contributed by atoms with Crippen LogP contribution in [0.2, 0.25) is 0 Å². The third-order valence-corrected chi connectivity index (χ3v) is 4.70. The van der Waals surface area contributed by atoms with Crippen molar-refractivity contribution in [2.45, 2.75) is 39.0 Å². The van der Waals surface area contributed by atoms with Gasteiger partial charge in [0.15, 0.2) is 0 Å². The Hall–Kier alpha value is -2.37. The van der Waals surface area contributed by atoms with Crippen LogP contribution in [0.3, 0.4) is 0 Å². The van der Waals surface area contributed by atoms with Gasteiger partial charge in [-0.2, -0.15) is 0 Å². The van der Waals surface area contributed by atoms with Crippen molar-refractivity contribution in [1.29, 1.82) is 0 Å². The van der Waals surface area contributed by atoms with E-state index >= 15 is 0 Å². The Morgan fingerprint density at radius 1 is 0.917 bits per heavy atom. The largest absolute Gasteiger partial charge is 0.342 e. The second kappa shape index (κ2) is 6.63. The molecule has 1 saturated carbocycles. The fourth-order valence-corrected chi connectivity index (χ4v) is 3.15. The number of carbonyl (C=O) groups excluding carboxylic acids is 3. The Balaban J connectivity index is 1.63. The molecule has 6 heteroatoms. The molecule has 2 fully saturated rings. The average Bonchev–Trinajstić information content (AvgIpc) is 3.38. The van der Waals surface area contributed by atoms with Gasteiger partial charge in [-0.1, -0.05) is 0 Å². The van der Waals surface area contributed by atoms with E-state index in [-0.39, 0.29) is 17.7 Å². The van der Waals surface area contributed by atoms with Crippen molar-refractivity contribution >= 4 is 29.1 Å². The maximum absolute atomic E-state index is 12.7. The Kier molecular flexibility index (Phi) is 4.55. The monoisotopic (exact) mass is 329 g/mol. The van der Waals surface area contributed by atoms with Crippen LogP contribution in [0.1, 0.15) is 39.0 Å². The lowest BCUT2D eigenvalue weighted by atomic mass is 10.0. The quantitative estimate of drug-likeness (QED) is 0.833. The van der Waals surface area contributed by atoms with E-state index in [9.17, 15) is 14.4 Å². The molecule has 1 aliphatic heterocycles. The summed E-state index contributed by atoms with van der Waals surface area (Å²) in [5, 5.41) is 5.52. The zero-order valence-corrected chi connectivity index (χ0v) is 13.9. The number of benzene rings is 1. The highest BCUT2D eigenvalue weighted by molar-refractivity contribution is 6.13. The Morgan fingerprint density at radius 2 is 1.46 bits per heavy atom. The fourth-order valence-electron chi connectivity index (χ4n) is 3.15. The molecule has 2 aliphatic rings. The van der Waals surface area contributed by atoms with Crippen LogP contribution in [0.4, 0.5) is 11.4 Å². The maximum Gasteiger partial charge on any atom is 0.240 e. The summed E-state index contributed by atoms with van der Waals surface area (Å²) in [6.45, 7) is 2.97. The molecule has 3 amide bonds.